The van der Waals surface area contributed by atoms with Gasteiger partial charge in [0.2, 0.25) is 0 Å². The first-order valence-corrected chi connectivity index (χ1v) is 7.70. The summed E-state index contributed by atoms with van der Waals surface area (Å²) >= 11 is 0. The summed E-state index contributed by atoms with van der Waals surface area (Å²) in [5.41, 5.74) is 3.39. The van der Waals surface area contributed by atoms with Crippen LogP contribution in [0.25, 0.3) is 11.1 Å². The van der Waals surface area contributed by atoms with Crippen LogP contribution in [0.2, 0.25) is 0 Å². The van der Waals surface area contributed by atoms with Crippen LogP contribution in [0.3, 0.4) is 0 Å². The number of rotatable bonds is 6. The van der Waals surface area contributed by atoms with E-state index in [4.69, 9.17) is 4.52 Å². The molecule has 0 amide bonds. The third-order valence-corrected chi connectivity index (χ3v) is 3.89. The lowest BCUT2D eigenvalue weighted by molar-refractivity contribution is 0.156. The summed E-state index contributed by atoms with van der Waals surface area (Å²) in [6, 6.07) is 14.0. The van der Waals surface area contributed by atoms with Crippen LogP contribution in [0.1, 0.15) is 12.5 Å². The Bertz CT molecular complexity index is 555. The second kappa shape index (κ2) is 6.31. The summed E-state index contributed by atoms with van der Waals surface area (Å²) in [5, 5.41) is 0. The van der Waals surface area contributed by atoms with E-state index in [1.807, 2.05) is 42.5 Å². The van der Waals surface area contributed by atoms with E-state index in [2.05, 4.69) is 4.52 Å². The van der Waals surface area contributed by atoms with Crippen molar-refractivity contribution in [3.8, 4) is 11.1 Å². The van der Waals surface area contributed by atoms with Crippen LogP contribution in [0.15, 0.2) is 42.5 Å². The largest absolute Gasteiger partial charge is 0.472 e. The van der Waals surface area contributed by atoms with Crippen molar-refractivity contribution < 1.29 is 18.5 Å². The third-order valence-electron chi connectivity index (χ3n) is 2.80. The summed E-state index contributed by atoms with van der Waals surface area (Å²) in [6.07, 6.45) is 0.575. The molecule has 2 aliphatic rings. The van der Waals surface area contributed by atoms with E-state index in [1.54, 1.807) is 6.92 Å². The van der Waals surface area contributed by atoms with Crippen molar-refractivity contribution in [3.05, 3.63) is 48.0 Å². The van der Waals surface area contributed by atoms with Crippen molar-refractivity contribution >= 4 is 7.82 Å². The van der Waals surface area contributed by atoms with Gasteiger partial charge in [-0.15, -0.1) is 0 Å². The zero-order valence-electron chi connectivity index (χ0n) is 10.8. The molecular weight excluding hydrogens is 263 g/mol. The molecule has 0 bridgehead atoms. The van der Waals surface area contributed by atoms with Crippen LogP contribution >= 0.6 is 7.82 Å². The first-order valence-electron chi connectivity index (χ1n) is 6.21. The van der Waals surface area contributed by atoms with Crippen molar-refractivity contribution in [2.75, 3.05) is 13.2 Å². The molecule has 2 aliphatic carbocycles. The maximum atomic E-state index is 11.4. The summed E-state index contributed by atoms with van der Waals surface area (Å²) in [6.45, 7) is 1.96. The molecule has 1 N–H and O–H groups in total. The molecule has 4 nitrogen and oxygen atoms in total. The van der Waals surface area contributed by atoms with Gasteiger partial charge in [-0.2, -0.15) is 0 Å². The van der Waals surface area contributed by atoms with Crippen LogP contribution in [0.4, 0.5) is 0 Å². The van der Waals surface area contributed by atoms with E-state index in [9.17, 15) is 9.46 Å². The van der Waals surface area contributed by atoms with Gasteiger partial charge in [-0.1, -0.05) is 42.5 Å². The zero-order chi connectivity index (χ0) is 13.7. The van der Waals surface area contributed by atoms with Crippen LogP contribution in [0, 0.1) is 0 Å². The molecular formula is C14H17O4P. The van der Waals surface area contributed by atoms with Crippen molar-refractivity contribution in [2.45, 2.75) is 13.3 Å². The Labute approximate surface area is 112 Å². The molecule has 0 radical (unpaired) electrons. The van der Waals surface area contributed by atoms with Crippen molar-refractivity contribution in [1.29, 1.82) is 0 Å². The summed E-state index contributed by atoms with van der Waals surface area (Å²) in [4.78, 5) is 9.31. The highest BCUT2D eigenvalue weighted by molar-refractivity contribution is 7.47. The first kappa shape index (κ1) is 14.2. The quantitative estimate of drug-likeness (QED) is 0.823. The molecule has 0 aromatic heterocycles. The number of hydrogen-bond acceptors (Lipinski definition) is 3. The van der Waals surface area contributed by atoms with Gasteiger partial charge in [0.1, 0.15) is 0 Å². The van der Waals surface area contributed by atoms with Crippen LogP contribution in [-0.4, -0.2) is 18.1 Å². The molecule has 0 spiro atoms. The molecule has 0 aromatic rings. The number of hydrogen-bond donors (Lipinski definition) is 1. The minimum Gasteiger partial charge on any atom is -0.302 e. The monoisotopic (exact) mass is 280 g/mol. The van der Waals surface area contributed by atoms with Gasteiger partial charge in [0.15, 0.2) is 0 Å². The van der Waals surface area contributed by atoms with Gasteiger partial charge in [0.25, 0.3) is 0 Å². The molecule has 102 valence electrons. The van der Waals surface area contributed by atoms with E-state index in [1.165, 1.54) is 0 Å². The third kappa shape index (κ3) is 3.88. The Morgan fingerprint density at radius 2 is 1.89 bits per heavy atom. The van der Waals surface area contributed by atoms with Gasteiger partial charge in [0.05, 0.1) is 13.2 Å². The topological polar surface area (TPSA) is 55.8 Å². The van der Waals surface area contributed by atoms with E-state index in [0.29, 0.717) is 6.42 Å². The lowest BCUT2D eigenvalue weighted by Gasteiger charge is -2.10. The summed E-state index contributed by atoms with van der Waals surface area (Å²) in [5.74, 6) is 0. The van der Waals surface area contributed by atoms with Crippen LogP contribution < -0.4 is 0 Å². The molecule has 0 saturated heterocycles. The second-order valence-electron chi connectivity index (χ2n) is 4.11. The van der Waals surface area contributed by atoms with Crippen LogP contribution in [0.5, 0.6) is 0 Å². The maximum Gasteiger partial charge on any atom is 0.472 e. The molecule has 0 aliphatic heterocycles. The Hall–Kier alpha value is -1.19. The molecule has 2 rings (SSSR count). The standard InChI is InChI=1S/C14H17O4P/c1-2-17-19(15,16)18-11-10-13-9-8-12-6-4-3-5-7-14(12)13/h3-9H,2,10-11H2,1H3,(H,15,16). The normalized spacial score (nSPS) is 14.4. The van der Waals surface area contributed by atoms with Gasteiger partial charge in [-0.3, -0.25) is 9.05 Å². The molecule has 1 unspecified atom stereocenters. The lowest BCUT2D eigenvalue weighted by atomic mass is 10.1. The lowest BCUT2D eigenvalue weighted by Crippen LogP contribution is -1.99. The van der Waals surface area contributed by atoms with Gasteiger partial charge in [-0.25, -0.2) is 4.57 Å². The highest BCUT2D eigenvalue weighted by Crippen LogP contribution is 2.43. The highest BCUT2D eigenvalue weighted by Gasteiger charge is 2.19. The zero-order valence-corrected chi connectivity index (χ0v) is 11.7. The Morgan fingerprint density at radius 1 is 1.11 bits per heavy atom. The molecule has 19 heavy (non-hydrogen) atoms. The van der Waals surface area contributed by atoms with Crippen molar-refractivity contribution in [3.63, 3.8) is 0 Å². The molecule has 1 atom stereocenters. The molecule has 0 aromatic carbocycles. The fourth-order valence-corrected chi connectivity index (χ4v) is 2.69. The average Bonchev–Trinajstić information content (AvgIpc) is 2.59. The Balaban J connectivity index is 1.99. The van der Waals surface area contributed by atoms with Crippen molar-refractivity contribution in [2.24, 2.45) is 0 Å². The minimum atomic E-state index is -3.89. The van der Waals surface area contributed by atoms with Crippen LogP contribution in [-0.2, 0) is 20.0 Å². The second-order valence-corrected chi connectivity index (χ2v) is 5.56. The Kier molecular flexibility index (Phi) is 4.72. The molecule has 0 fully saturated rings. The Morgan fingerprint density at radius 3 is 2.68 bits per heavy atom. The van der Waals surface area contributed by atoms with Gasteiger partial charge >= 0.3 is 7.82 Å². The van der Waals surface area contributed by atoms with Gasteiger partial charge in [0, 0.05) is 0 Å². The first-order chi connectivity index (χ1) is 9.12. The molecule has 5 heteroatoms. The predicted octanol–water partition coefficient (Wildman–Crippen LogP) is 3.49. The number of phosphoric ester groups is 1. The van der Waals surface area contributed by atoms with E-state index in [0.717, 1.165) is 16.7 Å². The SMILES string of the molecule is CCOP(=O)(O)OCCc1ccc2cccccc1-2. The number of phosphoric acid groups is 1. The molecule has 0 heterocycles. The predicted molar refractivity (Wildman–Crippen MR) is 74.2 cm³/mol. The van der Waals surface area contributed by atoms with E-state index < -0.39 is 7.82 Å². The minimum absolute atomic E-state index is 0.156. The average molecular weight is 280 g/mol. The molecule has 0 saturated carbocycles. The van der Waals surface area contributed by atoms with Crippen molar-refractivity contribution in [1.82, 2.24) is 0 Å². The highest BCUT2D eigenvalue weighted by atomic mass is 31.2. The smallest absolute Gasteiger partial charge is 0.302 e. The summed E-state index contributed by atoms with van der Waals surface area (Å²) < 4.78 is 20.9. The van der Waals surface area contributed by atoms with E-state index >= 15 is 0 Å². The maximum absolute atomic E-state index is 11.4. The summed E-state index contributed by atoms with van der Waals surface area (Å²) in [7, 11) is -3.89. The van der Waals surface area contributed by atoms with Gasteiger partial charge < -0.3 is 4.89 Å². The fourth-order valence-electron chi connectivity index (χ4n) is 1.97. The van der Waals surface area contributed by atoms with Gasteiger partial charge in [-0.05, 0) is 30.0 Å². The fraction of sp³-hybridized carbons (Fsp3) is 0.286. The number of fused-ring (bicyclic) bond motifs is 1. The van der Waals surface area contributed by atoms with E-state index in [-0.39, 0.29) is 13.2 Å².